The maximum Gasteiger partial charge on any atom is 0.223 e. The van der Waals surface area contributed by atoms with Crippen molar-refractivity contribution in [1.82, 2.24) is 4.90 Å². The van der Waals surface area contributed by atoms with Gasteiger partial charge in [0, 0.05) is 31.8 Å². The summed E-state index contributed by atoms with van der Waals surface area (Å²) in [6.45, 7) is 0.647. The lowest BCUT2D eigenvalue weighted by molar-refractivity contribution is -0.143. The zero-order valence-corrected chi connectivity index (χ0v) is 11.0. The van der Waals surface area contributed by atoms with Gasteiger partial charge >= 0.3 is 0 Å². The lowest BCUT2D eigenvalue weighted by Crippen LogP contribution is -2.50. The van der Waals surface area contributed by atoms with Gasteiger partial charge in [0.2, 0.25) is 5.91 Å². The van der Waals surface area contributed by atoms with E-state index in [9.17, 15) is 9.59 Å². The summed E-state index contributed by atoms with van der Waals surface area (Å²) in [6, 6.07) is 10.2. The molecule has 19 heavy (non-hydrogen) atoms. The molecular formula is C16H19NO2. The summed E-state index contributed by atoms with van der Waals surface area (Å²) >= 11 is 0. The first-order valence-electron chi connectivity index (χ1n) is 7.09. The number of hydrogen-bond acceptors (Lipinski definition) is 2. The predicted octanol–water partition coefficient (Wildman–Crippen LogP) is 2.55. The van der Waals surface area contributed by atoms with E-state index in [2.05, 4.69) is 0 Å². The SMILES string of the molecule is O=C1CC[C@H]2CCC(=O)N(Cc3ccccc3)[C@H]2C1. The smallest absolute Gasteiger partial charge is 0.223 e. The van der Waals surface area contributed by atoms with E-state index in [1.54, 1.807) is 0 Å². The molecule has 1 aromatic carbocycles. The van der Waals surface area contributed by atoms with Crippen molar-refractivity contribution in [2.75, 3.05) is 0 Å². The number of piperidine rings is 1. The fourth-order valence-electron chi connectivity index (χ4n) is 3.37. The minimum Gasteiger partial charge on any atom is -0.335 e. The van der Waals surface area contributed by atoms with Crippen LogP contribution < -0.4 is 0 Å². The lowest BCUT2D eigenvalue weighted by Gasteiger charge is -2.43. The van der Waals surface area contributed by atoms with Crippen molar-refractivity contribution in [2.45, 2.75) is 44.7 Å². The highest BCUT2D eigenvalue weighted by atomic mass is 16.2. The van der Waals surface area contributed by atoms with E-state index < -0.39 is 0 Å². The Balaban J connectivity index is 1.80. The highest BCUT2D eigenvalue weighted by Gasteiger charge is 2.39. The van der Waals surface area contributed by atoms with Crippen LogP contribution >= 0.6 is 0 Å². The third kappa shape index (κ3) is 2.55. The van der Waals surface area contributed by atoms with Crippen molar-refractivity contribution in [1.29, 1.82) is 0 Å². The van der Waals surface area contributed by atoms with E-state index in [0.717, 1.165) is 18.4 Å². The highest BCUT2D eigenvalue weighted by Crippen LogP contribution is 2.35. The molecule has 2 aliphatic rings. The van der Waals surface area contributed by atoms with Gasteiger partial charge in [0.15, 0.2) is 0 Å². The molecule has 3 nitrogen and oxygen atoms in total. The predicted molar refractivity (Wildman–Crippen MR) is 72.4 cm³/mol. The van der Waals surface area contributed by atoms with Crippen LogP contribution in [0.4, 0.5) is 0 Å². The van der Waals surface area contributed by atoms with Crippen LogP contribution in [0, 0.1) is 5.92 Å². The molecule has 3 rings (SSSR count). The third-order valence-corrected chi connectivity index (χ3v) is 4.42. The number of ketones is 1. The van der Waals surface area contributed by atoms with E-state index in [4.69, 9.17) is 0 Å². The molecule has 0 bridgehead atoms. The molecule has 2 atom stereocenters. The van der Waals surface area contributed by atoms with E-state index in [1.807, 2.05) is 35.2 Å². The number of carbonyl (C=O) groups excluding carboxylic acids is 2. The van der Waals surface area contributed by atoms with Crippen molar-refractivity contribution in [3.8, 4) is 0 Å². The van der Waals surface area contributed by atoms with E-state index in [-0.39, 0.29) is 11.9 Å². The average molecular weight is 257 g/mol. The largest absolute Gasteiger partial charge is 0.335 e. The summed E-state index contributed by atoms with van der Waals surface area (Å²) in [6.07, 6.45) is 3.82. The first-order chi connectivity index (χ1) is 9.24. The zero-order valence-electron chi connectivity index (χ0n) is 11.0. The molecule has 100 valence electrons. The number of likely N-dealkylation sites (tertiary alicyclic amines) is 1. The quantitative estimate of drug-likeness (QED) is 0.816. The second-order valence-corrected chi connectivity index (χ2v) is 5.65. The van der Waals surface area contributed by atoms with Crippen LogP contribution in [0.3, 0.4) is 0 Å². The molecule has 1 aromatic rings. The van der Waals surface area contributed by atoms with Gasteiger partial charge in [-0.15, -0.1) is 0 Å². The van der Waals surface area contributed by atoms with E-state index in [1.165, 1.54) is 0 Å². The van der Waals surface area contributed by atoms with Crippen LogP contribution in [0.5, 0.6) is 0 Å². The molecule has 0 unspecified atom stereocenters. The Labute approximate surface area is 113 Å². The molecule has 0 spiro atoms. The first-order valence-corrected chi connectivity index (χ1v) is 7.09. The Kier molecular flexibility index (Phi) is 3.36. The van der Waals surface area contributed by atoms with Gasteiger partial charge in [-0.05, 0) is 24.3 Å². The molecule has 1 saturated carbocycles. The normalized spacial score (nSPS) is 27.3. The maximum atomic E-state index is 12.2. The number of amides is 1. The fraction of sp³-hybridized carbons (Fsp3) is 0.500. The second kappa shape index (κ2) is 5.16. The van der Waals surface area contributed by atoms with Gasteiger partial charge in [0.1, 0.15) is 5.78 Å². The molecule has 1 saturated heterocycles. The van der Waals surface area contributed by atoms with Gasteiger partial charge in [-0.3, -0.25) is 9.59 Å². The zero-order chi connectivity index (χ0) is 13.2. The third-order valence-electron chi connectivity index (χ3n) is 4.42. The monoisotopic (exact) mass is 257 g/mol. The Morgan fingerprint density at radius 2 is 1.79 bits per heavy atom. The summed E-state index contributed by atoms with van der Waals surface area (Å²) in [4.78, 5) is 25.8. The van der Waals surface area contributed by atoms with Gasteiger partial charge in [0.25, 0.3) is 0 Å². The topological polar surface area (TPSA) is 37.4 Å². The summed E-state index contributed by atoms with van der Waals surface area (Å²) in [5, 5.41) is 0. The molecule has 1 aliphatic heterocycles. The molecule has 0 radical (unpaired) electrons. The fourth-order valence-corrected chi connectivity index (χ4v) is 3.37. The van der Waals surface area contributed by atoms with E-state index in [0.29, 0.717) is 37.5 Å². The molecular weight excluding hydrogens is 238 g/mol. The van der Waals surface area contributed by atoms with Crippen molar-refractivity contribution in [2.24, 2.45) is 5.92 Å². The van der Waals surface area contributed by atoms with Crippen LogP contribution in [0.15, 0.2) is 30.3 Å². The van der Waals surface area contributed by atoms with Gasteiger partial charge < -0.3 is 4.90 Å². The summed E-state index contributed by atoms with van der Waals surface area (Å²) < 4.78 is 0. The number of Topliss-reactive ketones (excluding diaryl/α,β-unsaturated/α-hetero) is 1. The van der Waals surface area contributed by atoms with Crippen LogP contribution in [-0.4, -0.2) is 22.6 Å². The molecule has 1 aliphatic carbocycles. The summed E-state index contributed by atoms with van der Waals surface area (Å²) in [7, 11) is 0. The maximum absolute atomic E-state index is 12.2. The summed E-state index contributed by atoms with van der Waals surface area (Å²) in [5.41, 5.74) is 1.15. The Morgan fingerprint density at radius 3 is 2.58 bits per heavy atom. The first kappa shape index (κ1) is 12.4. The number of nitrogens with zero attached hydrogens (tertiary/aromatic N) is 1. The number of rotatable bonds is 2. The molecule has 3 heteroatoms. The van der Waals surface area contributed by atoms with Gasteiger partial charge in [-0.1, -0.05) is 30.3 Å². The number of benzene rings is 1. The molecule has 0 aromatic heterocycles. The average Bonchev–Trinajstić information content (AvgIpc) is 2.43. The number of hydrogen-bond donors (Lipinski definition) is 0. The van der Waals surface area contributed by atoms with Crippen molar-refractivity contribution >= 4 is 11.7 Å². The van der Waals surface area contributed by atoms with E-state index >= 15 is 0 Å². The highest BCUT2D eigenvalue weighted by molar-refractivity contribution is 5.83. The van der Waals surface area contributed by atoms with Gasteiger partial charge in [-0.25, -0.2) is 0 Å². The Morgan fingerprint density at radius 1 is 1.05 bits per heavy atom. The molecule has 1 heterocycles. The van der Waals surface area contributed by atoms with Crippen molar-refractivity contribution in [3.05, 3.63) is 35.9 Å². The van der Waals surface area contributed by atoms with Crippen LogP contribution in [-0.2, 0) is 16.1 Å². The van der Waals surface area contributed by atoms with Crippen LogP contribution in [0.25, 0.3) is 0 Å². The van der Waals surface area contributed by atoms with Crippen LogP contribution in [0.1, 0.15) is 37.7 Å². The summed E-state index contributed by atoms with van der Waals surface area (Å²) in [5.74, 6) is 1.05. The van der Waals surface area contributed by atoms with Crippen LogP contribution in [0.2, 0.25) is 0 Å². The molecule has 2 fully saturated rings. The minimum atomic E-state index is 0.141. The molecule has 0 N–H and O–H groups in total. The van der Waals surface area contributed by atoms with Gasteiger partial charge in [-0.2, -0.15) is 0 Å². The van der Waals surface area contributed by atoms with Crippen molar-refractivity contribution in [3.63, 3.8) is 0 Å². The second-order valence-electron chi connectivity index (χ2n) is 5.65. The number of fused-ring (bicyclic) bond motifs is 1. The minimum absolute atomic E-state index is 0.141. The number of carbonyl (C=O) groups is 2. The van der Waals surface area contributed by atoms with Gasteiger partial charge in [0.05, 0.1) is 0 Å². The lowest BCUT2D eigenvalue weighted by atomic mass is 9.77. The van der Waals surface area contributed by atoms with Crippen molar-refractivity contribution < 1.29 is 9.59 Å². The Hall–Kier alpha value is -1.64. The Bertz CT molecular complexity index is 481. The molecule has 1 amide bonds. The standard InChI is InChI=1S/C16H19NO2/c18-14-8-6-13-7-9-16(19)17(15(13)10-14)11-12-4-2-1-3-5-12/h1-5,13,15H,6-11H2/t13-,15-/m0/s1.